The van der Waals surface area contributed by atoms with Crippen molar-refractivity contribution < 1.29 is 4.74 Å². The maximum absolute atomic E-state index is 13.0. The van der Waals surface area contributed by atoms with Crippen molar-refractivity contribution in [2.24, 2.45) is 0 Å². The van der Waals surface area contributed by atoms with Gasteiger partial charge in [-0.2, -0.15) is 0 Å². The number of nitrogens with one attached hydrogen (secondary N) is 1. The molecule has 6 heteroatoms. The van der Waals surface area contributed by atoms with Crippen LogP contribution in [-0.2, 0) is 24.1 Å². The molecule has 0 bridgehead atoms. The van der Waals surface area contributed by atoms with Crippen LogP contribution >= 0.6 is 11.3 Å². The van der Waals surface area contributed by atoms with Gasteiger partial charge in [-0.05, 0) is 51.0 Å². The first-order chi connectivity index (χ1) is 11.3. The first kappa shape index (κ1) is 15.1. The lowest BCUT2D eigenvalue weighted by Gasteiger charge is -2.15. The summed E-state index contributed by atoms with van der Waals surface area (Å²) in [5.74, 6) is 0.694. The van der Waals surface area contributed by atoms with Gasteiger partial charge < -0.3 is 10.1 Å². The molecule has 0 spiro atoms. The first-order valence-electron chi connectivity index (χ1n) is 8.68. The number of fused-ring (bicyclic) bond motifs is 3. The molecule has 1 saturated heterocycles. The van der Waals surface area contributed by atoms with Crippen molar-refractivity contribution in [2.75, 3.05) is 18.5 Å². The smallest absolute Gasteiger partial charge is 0.263 e. The minimum atomic E-state index is 0.117. The minimum Gasteiger partial charge on any atom is -0.376 e. The lowest BCUT2D eigenvalue weighted by atomic mass is 9.97. The summed E-state index contributed by atoms with van der Waals surface area (Å²) in [7, 11) is 0. The van der Waals surface area contributed by atoms with Crippen molar-refractivity contribution in [3.63, 3.8) is 0 Å². The Morgan fingerprint density at radius 2 is 2.22 bits per heavy atom. The highest BCUT2D eigenvalue weighted by atomic mass is 32.1. The van der Waals surface area contributed by atoms with Crippen molar-refractivity contribution in [1.82, 2.24) is 9.55 Å². The van der Waals surface area contributed by atoms with Crippen molar-refractivity contribution in [2.45, 2.75) is 58.1 Å². The van der Waals surface area contributed by atoms with Gasteiger partial charge in [0.25, 0.3) is 5.56 Å². The van der Waals surface area contributed by atoms with Gasteiger partial charge in [-0.25, -0.2) is 4.98 Å². The van der Waals surface area contributed by atoms with Gasteiger partial charge in [-0.15, -0.1) is 11.3 Å². The summed E-state index contributed by atoms with van der Waals surface area (Å²) in [5, 5.41) is 4.22. The third-order valence-corrected chi connectivity index (χ3v) is 6.09. The Balaban J connectivity index is 1.73. The van der Waals surface area contributed by atoms with E-state index in [1.54, 1.807) is 15.9 Å². The fourth-order valence-corrected chi connectivity index (χ4v) is 4.93. The zero-order valence-electron chi connectivity index (χ0n) is 13.6. The lowest BCUT2D eigenvalue weighted by Crippen LogP contribution is -2.27. The molecule has 1 unspecified atom stereocenters. The van der Waals surface area contributed by atoms with E-state index in [1.807, 2.05) is 6.92 Å². The molecule has 1 N–H and O–H groups in total. The van der Waals surface area contributed by atoms with Crippen LogP contribution in [0.4, 0.5) is 5.95 Å². The van der Waals surface area contributed by atoms with Crippen molar-refractivity contribution >= 4 is 27.5 Å². The fraction of sp³-hybridized carbons (Fsp3) is 0.647. The highest BCUT2D eigenvalue weighted by molar-refractivity contribution is 7.18. The van der Waals surface area contributed by atoms with Crippen LogP contribution in [0, 0.1) is 0 Å². The first-order valence-corrected chi connectivity index (χ1v) is 9.50. The summed E-state index contributed by atoms with van der Waals surface area (Å²) in [6.07, 6.45) is 6.98. The quantitative estimate of drug-likeness (QED) is 0.935. The molecule has 1 fully saturated rings. The van der Waals surface area contributed by atoms with E-state index >= 15 is 0 Å². The van der Waals surface area contributed by atoms with Crippen LogP contribution < -0.4 is 10.9 Å². The van der Waals surface area contributed by atoms with Crippen LogP contribution in [0.15, 0.2) is 4.79 Å². The van der Waals surface area contributed by atoms with E-state index in [4.69, 9.17) is 9.72 Å². The molecule has 124 valence electrons. The Labute approximate surface area is 139 Å². The zero-order chi connectivity index (χ0) is 15.8. The summed E-state index contributed by atoms with van der Waals surface area (Å²) < 4.78 is 7.43. The summed E-state index contributed by atoms with van der Waals surface area (Å²) in [5.41, 5.74) is 1.38. The Morgan fingerprint density at radius 1 is 1.35 bits per heavy atom. The third-order valence-electron chi connectivity index (χ3n) is 4.90. The van der Waals surface area contributed by atoms with Crippen molar-refractivity contribution in [3.05, 3.63) is 20.8 Å². The van der Waals surface area contributed by atoms with Gasteiger partial charge in [-0.1, -0.05) is 0 Å². The lowest BCUT2D eigenvalue weighted by molar-refractivity contribution is 0.120. The van der Waals surface area contributed by atoms with Crippen LogP contribution in [0.3, 0.4) is 0 Å². The number of anilines is 1. The van der Waals surface area contributed by atoms with Crippen LogP contribution in [0.1, 0.15) is 43.0 Å². The normalized spacial score (nSPS) is 20.8. The van der Waals surface area contributed by atoms with E-state index in [0.29, 0.717) is 12.5 Å². The molecule has 0 saturated carbocycles. The van der Waals surface area contributed by atoms with Crippen LogP contribution in [0.5, 0.6) is 0 Å². The van der Waals surface area contributed by atoms with E-state index in [-0.39, 0.29) is 11.7 Å². The molecule has 2 aromatic heterocycles. The Hall–Kier alpha value is -1.40. The largest absolute Gasteiger partial charge is 0.376 e. The number of hydrogen-bond donors (Lipinski definition) is 1. The maximum Gasteiger partial charge on any atom is 0.263 e. The van der Waals surface area contributed by atoms with Gasteiger partial charge >= 0.3 is 0 Å². The van der Waals surface area contributed by atoms with Crippen LogP contribution in [0.25, 0.3) is 10.2 Å². The van der Waals surface area contributed by atoms with Crippen LogP contribution in [-0.4, -0.2) is 28.8 Å². The Kier molecular flexibility index (Phi) is 4.11. The minimum absolute atomic E-state index is 0.117. The van der Waals surface area contributed by atoms with E-state index in [2.05, 4.69) is 5.32 Å². The summed E-state index contributed by atoms with van der Waals surface area (Å²) in [4.78, 5) is 20.0. The van der Waals surface area contributed by atoms with E-state index in [1.165, 1.54) is 23.3 Å². The second-order valence-electron chi connectivity index (χ2n) is 6.39. The molecule has 5 nitrogen and oxygen atoms in total. The van der Waals surface area contributed by atoms with Crippen LogP contribution in [0.2, 0.25) is 0 Å². The number of thiophene rings is 1. The number of nitrogens with zero attached hydrogens (tertiary/aromatic N) is 2. The zero-order valence-corrected chi connectivity index (χ0v) is 14.4. The molecule has 0 aromatic carbocycles. The van der Waals surface area contributed by atoms with Crippen molar-refractivity contribution in [3.8, 4) is 0 Å². The van der Waals surface area contributed by atoms with E-state index in [9.17, 15) is 4.79 Å². The molecule has 23 heavy (non-hydrogen) atoms. The van der Waals surface area contributed by atoms with Gasteiger partial charge in [-0.3, -0.25) is 9.36 Å². The fourth-order valence-electron chi connectivity index (χ4n) is 3.68. The number of hydrogen-bond acceptors (Lipinski definition) is 5. The molecular weight excluding hydrogens is 310 g/mol. The number of rotatable bonds is 4. The van der Waals surface area contributed by atoms with Crippen molar-refractivity contribution in [1.29, 1.82) is 0 Å². The predicted octanol–water partition coefficient (Wildman–Crippen LogP) is 2.95. The predicted molar refractivity (Wildman–Crippen MR) is 93.7 cm³/mol. The molecular formula is C17H23N3O2S. The standard InChI is InChI=1S/C17H23N3O2S/c1-2-20-16(21)14-12-7-3-4-8-13(12)23-15(14)19-17(20)18-10-11-6-5-9-22-11/h11H,2-10H2,1H3,(H,18,19). The number of ether oxygens (including phenoxy) is 1. The van der Waals surface area contributed by atoms with Gasteiger partial charge in [0.2, 0.25) is 5.95 Å². The van der Waals surface area contributed by atoms with E-state index < -0.39 is 0 Å². The van der Waals surface area contributed by atoms with Gasteiger partial charge in [0.05, 0.1) is 11.5 Å². The Morgan fingerprint density at radius 3 is 3.00 bits per heavy atom. The monoisotopic (exact) mass is 333 g/mol. The molecule has 0 amide bonds. The number of aryl methyl sites for hydroxylation is 2. The second-order valence-corrected chi connectivity index (χ2v) is 7.48. The molecule has 1 aliphatic heterocycles. The highest BCUT2D eigenvalue weighted by Crippen LogP contribution is 2.34. The average Bonchev–Trinajstić information content (AvgIpc) is 3.20. The molecule has 3 heterocycles. The number of aromatic nitrogens is 2. The van der Waals surface area contributed by atoms with E-state index in [0.717, 1.165) is 49.1 Å². The topological polar surface area (TPSA) is 56.1 Å². The molecule has 2 aliphatic rings. The summed E-state index contributed by atoms with van der Waals surface area (Å²) >= 11 is 1.71. The van der Waals surface area contributed by atoms with Gasteiger partial charge in [0, 0.05) is 24.6 Å². The molecule has 2 aromatic rings. The molecule has 0 radical (unpaired) electrons. The second kappa shape index (κ2) is 6.24. The van der Waals surface area contributed by atoms with Gasteiger partial charge in [0.15, 0.2) is 0 Å². The molecule has 1 aliphatic carbocycles. The third kappa shape index (κ3) is 2.68. The summed E-state index contributed by atoms with van der Waals surface area (Å²) in [6.45, 7) is 4.21. The Bertz CT molecular complexity index is 774. The average molecular weight is 333 g/mol. The molecule has 4 rings (SSSR count). The molecule has 1 atom stereocenters. The SMILES string of the molecule is CCn1c(NCC2CCCO2)nc2sc3c(c2c1=O)CCCC3. The highest BCUT2D eigenvalue weighted by Gasteiger charge is 2.22. The van der Waals surface area contributed by atoms with Gasteiger partial charge in [0.1, 0.15) is 4.83 Å². The maximum atomic E-state index is 13.0. The summed E-state index contributed by atoms with van der Waals surface area (Å²) in [6, 6.07) is 0.